The molecule has 78 valence electrons. The third-order valence-electron chi connectivity index (χ3n) is 2.69. The quantitative estimate of drug-likeness (QED) is 0.882. The highest BCUT2D eigenvalue weighted by Crippen LogP contribution is 2.20. The van der Waals surface area contributed by atoms with Crippen LogP contribution in [0.4, 0.5) is 0 Å². The van der Waals surface area contributed by atoms with Gasteiger partial charge in [0.1, 0.15) is 5.76 Å². The molecule has 1 aromatic rings. The van der Waals surface area contributed by atoms with E-state index in [1.54, 1.807) is 6.26 Å². The molecular formula is C10H15BrN2O. The minimum atomic E-state index is 0.395. The van der Waals surface area contributed by atoms with E-state index in [2.05, 4.69) is 20.8 Å². The van der Waals surface area contributed by atoms with Gasteiger partial charge in [0.15, 0.2) is 0 Å². The monoisotopic (exact) mass is 258 g/mol. The highest BCUT2D eigenvalue weighted by Gasteiger charge is 2.17. The van der Waals surface area contributed by atoms with Crippen molar-refractivity contribution in [2.45, 2.75) is 25.4 Å². The maximum atomic E-state index is 5.84. The predicted octanol–water partition coefficient (Wildman–Crippen LogP) is 1.97. The molecule has 0 atom stereocenters. The van der Waals surface area contributed by atoms with Gasteiger partial charge in [-0.05, 0) is 34.8 Å². The largest absolute Gasteiger partial charge is 0.467 e. The van der Waals surface area contributed by atoms with Gasteiger partial charge in [-0.2, -0.15) is 0 Å². The molecule has 0 radical (unpaired) electrons. The van der Waals surface area contributed by atoms with Crippen molar-refractivity contribution >= 4 is 15.9 Å². The third-order valence-corrected chi connectivity index (χ3v) is 3.40. The maximum Gasteiger partial charge on any atom is 0.131 e. The normalized spacial score (nSPS) is 20.1. The van der Waals surface area contributed by atoms with Crippen LogP contribution >= 0.6 is 15.9 Å². The molecule has 0 aromatic carbocycles. The van der Waals surface area contributed by atoms with Crippen LogP contribution in [0, 0.1) is 0 Å². The molecule has 2 rings (SSSR count). The van der Waals surface area contributed by atoms with Crippen molar-refractivity contribution in [2.24, 2.45) is 5.73 Å². The molecule has 0 amide bonds. The van der Waals surface area contributed by atoms with Crippen LogP contribution in [0.3, 0.4) is 0 Å². The summed E-state index contributed by atoms with van der Waals surface area (Å²) in [5.74, 6) is 1.01. The molecule has 0 aliphatic carbocycles. The van der Waals surface area contributed by atoms with Crippen LogP contribution in [-0.4, -0.2) is 24.0 Å². The highest BCUT2D eigenvalue weighted by molar-refractivity contribution is 9.10. The number of nitrogens with zero attached hydrogens (tertiary/aromatic N) is 1. The Labute approximate surface area is 92.4 Å². The predicted molar refractivity (Wildman–Crippen MR) is 58.9 cm³/mol. The SMILES string of the molecule is NC1CCN(Cc2occc2Br)CC1. The number of hydrogen-bond donors (Lipinski definition) is 1. The summed E-state index contributed by atoms with van der Waals surface area (Å²) in [5, 5.41) is 0. The lowest BCUT2D eigenvalue weighted by molar-refractivity contribution is 0.191. The van der Waals surface area contributed by atoms with E-state index in [-0.39, 0.29) is 0 Å². The lowest BCUT2D eigenvalue weighted by Gasteiger charge is -2.29. The molecule has 4 heteroatoms. The summed E-state index contributed by atoms with van der Waals surface area (Å²) >= 11 is 3.46. The first-order chi connectivity index (χ1) is 6.75. The van der Waals surface area contributed by atoms with Crippen LogP contribution in [0.2, 0.25) is 0 Å². The Morgan fingerprint density at radius 3 is 2.79 bits per heavy atom. The summed E-state index contributed by atoms with van der Waals surface area (Å²) in [5.41, 5.74) is 5.84. The topological polar surface area (TPSA) is 42.4 Å². The van der Waals surface area contributed by atoms with E-state index < -0.39 is 0 Å². The lowest BCUT2D eigenvalue weighted by atomic mass is 10.1. The first-order valence-electron chi connectivity index (χ1n) is 4.95. The Hall–Kier alpha value is -0.320. The number of hydrogen-bond acceptors (Lipinski definition) is 3. The summed E-state index contributed by atoms with van der Waals surface area (Å²) in [7, 11) is 0. The van der Waals surface area contributed by atoms with Gasteiger partial charge in [0, 0.05) is 19.1 Å². The van der Waals surface area contributed by atoms with Gasteiger partial charge in [0.2, 0.25) is 0 Å². The number of halogens is 1. The third kappa shape index (κ3) is 2.38. The molecule has 3 nitrogen and oxygen atoms in total. The standard InChI is InChI=1S/C10H15BrN2O/c11-9-3-6-14-10(9)7-13-4-1-8(12)2-5-13/h3,6,8H,1-2,4-5,7,12H2. The van der Waals surface area contributed by atoms with Gasteiger partial charge < -0.3 is 10.2 Å². The fourth-order valence-electron chi connectivity index (χ4n) is 1.75. The van der Waals surface area contributed by atoms with Crippen LogP contribution in [0.15, 0.2) is 21.2 Å². The number of nitrogens with two attached hydrogens (primary N) is 1. The molecule has 1 aliphatic heterocycles. The summed E-state index contributed by atoms with van der Waals surface area (Å²) < 4.78 is 6.44. The molecule has 0 unspecified atom stereocenters. The second-order valence-electron chi connectivity index (χ2n) is 3.81. The Bertz CT molecular complexity index is 292. The van der Waals surface area contributed by atoms with Crippen LogP contribution in [0.5, 0.6) is 0 Å². The fraction of sp³-hybridized carbons (Fsp3) is 0.600. The molecule has 1 fully saturated rings. The van der Waals surface area contributed by atoms with Crippen LogP contribution < -0.4 is 5.73 Å². The van der Waals surface area contributed by atoms with Crippen molar-refractivity contribution in [2.75, 3.05) is 13.1 Å². The minimum Gasteiger partial charge on any atom is -0.467 e. The maximum absolute atomic E-state index is 5.84. The number of furan rings is 1. The molecular weight excluding hydrogens is 244 g/mol. The Morgan fingerprint density at radius 1 is 1.50 bits per heavy atom. The summed E-state index contributed by atoms with van der Waals surface area (Å²) in [4.78, 5) is 2.38. The summed E-state index contributed by atoms with van der Waals surface area (Å²) in [6.45, 7) is 3.04. The van der Waals surface area contributed by atoms with Gasteiger partial charge in [-0.25, -0.2) is 0 Å². The Kier molecular flexibility index (Phi) is 3.26. The van der Waals surface area contributed by atoms with Crippen molar-refractivity contribution in [3.63, 3.8) is 0 Å². The molecule has 1 aromatic heterocycles. The van der Waals surface area contributed by atoms with Gasteiger partial charge in [-0.15, -0.1) is 0 Å². The Morgan fingerprint density at radius 2 is 2.21 bits per heavy atom. The van der Waals surface area contributed by atoms with E-state index >= 15 is 0 Å². The van der Waals surface area contributed by atoms with E-state index in [0.717, 1.165) is 42.7 Å². The summed E-state index contributed by atoms with van der Waals surface area (Å²) in [6, 6.07) is 2.33. The Balaban J connectivity index is 1.89. The van der Waals surface area contributed by atoms with Crippen LogP contribution in [0.25, 0.3) is 0 Å². The van der Waals surface area contributed by atoms with Gasteiger partial charge >= 0.3 is 0 Å². The van der Waals surface area contributed by atoms with Crippen LogP contribution in [0.1, 0.15) is 18.6 Å². The van der Waals surface area contributed by atoms with Crippen molar-refractivity contribution in [1.29, 1.82) is 0 Å². The zero-order valence-electron chi connectivity index (χ0n) is 8.08. The van der Waals surface area contributed by atoms with E-state index in [4.69, 9.17) is 10.2 Å². The second-order valence-corrected chi connectivity index (χ2v) is 4.66. The van der Waals surface area contributed by atoms with Gasteiger partial charge in [0.25, 0.3) is 0 Å². The molecule has 1 saturated heterocycles. The van der Waals surface area contributed by atoms with Crippen molar-refractivity contribution < 1.29 is 4.42 Å². The first-order valence-corrected chi connectivity index (χ1v) is 5.75. The molecule has 14 heavy (non-hydrogen) atoms. The average Bonchev–Trinajstić information content (AvgIpc) is 2.56. The molecule has 1 aliphatic rings. The van der Waals surface area contributed by atoms with Gasteiger partial charge in [0.05, 0.1) is 17.3 Å². The van der Waals surface area contributed by atoms with Crippen molar-refractivity contribution in [1.82, 2.24) is 4.90 Å². The number of piperidine rings is 1. The van der Waals surface area contributed by atoms with Crippen LogP contribution in [-0.2, 0) is 6.54 Å². The molecule has 2 N–H and O–H groups in total. The zero-order chi connectivity index (χ0) is 9.97. The number of likely N-dealkylation sites (tertiary alicyclic amines) is 1. The lowest BCUT2D eigenvalue weighted by Crippen LogP contribution is -2.39. The molecule has 2 heterocycles. The zero-order valence-corrected chi connectivity index (χ0v) is 9.66. The molecule has 0 saturated carbocycles. The first kappa shape index (κ1) is 10.2. The molecule has 0 spiro atoms. The van der Waals surface area contributed by atoms with E-state index in [0.29, 0.717) is 6.04 Å². The van der Waals surface area contributed by atoms with Crippen molar-refractivity contribution in [3.05, 3.63) is 22.6 Å². The second kappa shape index (κ2) is 4.47. The molecule has 0 bridgehead atoms. The number of rotatable bonds is 2. The fourth-order valence-corrected chi connectivity index (χ4v) is 2.08. The average molecular weight is 259 g/mol. The smallest absolute Gasteiger partial charge is 0.131 e. The van der Waals surface area contributed by atoms with Crippen molar-refractivity contribution in [3.8, 4) is 0 Å². The van der Waals surface area contributed by atoms with Gasteiger partial charge in [-0.1, -0.05) is 0 Å². The van der Waals surface area contributed by atoms with Gasteiger partial charge in [-0.3, -0.25) is 4.90 Å². The van der Waals surface area contributed by atoms with E-state index in [1.165, 1.54) is 0 Å². The van der Waals surface area contributed by atoms with E-state index in [9.17, 15) is 0 Å². The highest BCUT2D eigenvalue weighted by atomic mass is 79.9. The minimum absolute atomic E-state index is 0.395. The summed E-state index contributed by atoms with van der Waals surface area (Å²) in [6.07, 6.45) is 3.91. The van der Waals surface area contributed by atoms with E-state index in [1.807, 2.05) is 6.07 Å².